The van der Waals surface area contributed by atoms with Crippen LogP contribution in [0.5, 0.6) is 11.5 Å². The Morgan fingerprint density at radius 1 is 1.17 bits per heavy atom. The summed E-state index contributed by atoms with van der Waals surface area (Å²) in [5, 5.41) is 3.46. The Hall–Kier alpha value is -1.58. The van der Waals surface area contributed by atoms with Gasteiger partial charge < -0.3 is 19.7 Å². The SMILES string of the molecule is COc1cc2c(cc1OC)N(C(C)C)CCCN2. The highest BCUT2D eigenvalue weighted by molar-refractivity contribution is 5.76. The lowest BCUT2D eigenvalue weighted by atomic mass is 10.2. The van der Waals surface area contributed by atoms with Crippen LogP contribution in [0.3, 0.4) is 0 Å². The van der Waals surface area contributed by atoms with Crippen molar-refractivity contribution in [3.8, 4) is 11.5 Å². The molecule has 0 bridgehead atoms. The molecule has 0 saturated heterocycles. The fourth-order valence-corrected chi connectivity index (χ4v) is 2.38. The normalized spacial score (nSPS) is 14.8. The smallest absolute Gasteiger partial charge is 0.162 e. The van der Waals surface area contributed by atoms with E-state index in [0.29, 0.717) is 6.04 Å². The lowest BCUT2D eigenvalue weighted by Crippen LogP contribution is -2.31. The lowest BCUT2D eigenvalue weighted by molar-refractivity contribution is 0.355. The molecule has 0 aromatic heterocycles. The summed E-state index contributed by atoms with van der Waals surface area (Å²) in [5.41, 5.74) is 2.32. The number of rotatable bonds is 3. The van der Waals surface area contributed by atoms with Crippen molar-refractivity contribution in [2.45, 2.75) is 26.3 Å². The van der Waals surface area contributed by atoms with Crippen LogP contribution in [0.25, 0.3) is 0 Å². The van der Waals surface area contributed by atoms with E-state index < -0.39 is 0 Å². The van der Waals surface area contributed by atoms with E-state index in [1.807, 2.05) is 6.07 Å². The van der Waals surface area contributed by atoms with Crippen molar-refractivity contribution in [2.24, 2.45) is 0 Å². The summed E-state index contributed by atoms with van der Waals surface area (Å²) in [5.74, 6) is 1.56. The van der Waals surface area contributed by atoms with E-state index in [2.05, 4.69) is 30.1 Å². The number of fused-ring (bicyclic) bond motifs is 1. The van der Waals surface area contributed by atoms with E-state index >= 15 is 0 Å². The third kappa shape index (κ3) is 2.33. The summed E-state index contributed by atoms with van der Waals surface area (Å²) in [6, 6.07) is 4.56. The summed E-state index contributed by atoms with van der Waals surface area (Å²) in [4.78, 5) is 2.40. The highest BCUT2D eigenvalue weighted by atomic mass is 16.5. The zero-order chi connectivity index (χ0) is 13.1. The molecule has 18 heavy (non-hydrogen) atoms. The molecule has 1 aromatic carbocycles. The first kappa shape index (κ1) is 12.9. The van der Waals surface area contributed by atoms with Crippen LogP contribution in [0.2, 0.25) is 0 Å². The zero-order valence-electron chi connectivity index (χ0n) is 11.6. The van der Waals surface area contributed by atoms with E-state index in [4.69, 9.17) is 9.47 Å². The van der Waals surface area contributed by atoms with Gasteiger partial charge in [0.05, 0.1) is 25.6 Å². The number of nitrogens with zero attached hydrogens (tertiary/aromatic N) is 1. The molecule has 0 atom stereocenters. The molecule has 1 aliphatic heterocycles. The van der Waals surface area contributed by atoms with Gasteiger partial charge in [0, 0.05) is 31.3 Å². The molecule has 0 amide bonds. The summed E-state index contributed by atoms with van der Waals surface area (Å²) in [6.45, 7) is 6.48. The van der Waals surface area contributed by atoms with Crippen LogP contribution in [0.15, 0.2) is 12.1 Å². The van der Waals surface area contributed by atoms with Gasteiger partial charge in [0.1, 0.15) is 0 Å². The van der Waals surface area contributed by atoms with Gasteiger partial charge in [-0.3, -0.25) is 0 Å². The number of hydrogen-bond acceptors (Lipinski definition) is 4. The number of nitrogens with one attached hydrogen (secondary N) is 1. The highest BCUT2D eigenvalue weighted by Crippen LogP contribution is 2.40. The minimum absolute atomic E-state index is 0.474. The Bertz CT molecular complexity index is 419. The summed E-state index contributed by atoms with van der Waals surface area (Å²) < 4.78 is 10.7. The van der Waals surface area contributed by atoms with Crippen LogP contribution in [-0.4, -0.2) is 33.4 Å². The lowest BCUT2D eigenvalue weighted by Gasteiger charge is -2.29. The molecule has 4 nitrogen and oxygen atoms in total. The van der Waals surface area contributed by atoms with Gasteiger partial charge in [-0.2, -0.15) is 0 Å². The standard InChI is InChI=1S/C14H22N2O2/c1-10(2)16-7-5-6-15-11-8-13(17-3)14(18-4)9-12(11)16/h8-10,15H,5-7H2,1-4H3. The van der Waals surface area contributed by atoms with E-state index in [-0.39, 0.29) is 0 Å². The van der Waals surface area contributed by atoms with Gasteiger partial charge in [0.15, 0.2) is 11.5 Å². The fraction of sp³-hybridized carbons (Fsp3) is 0.571. The van der Waals surface area contributed by atoms with Gasteiger partial charge in [-0.1, -0.05) is 0 Å². The largest absolute Gasteiger partial charge is 0.493 e. The van der Waals surface area contributed by atoms with Crippen LogP contribution in [0.1, 0.15) is 20.3 Å². The van der Waals surface area contributed by atoms with Gasteiger partial charge in [0.2, 0.25) is 0 Å². The first-order valence-electron chi connectivity index (χ1n) is 6.44. The number of anilines is 2. The second-order valence-corrected chi connectivity index (χ2v) is 4.79. The van der Waals surface area contributed by atoms with Crippen molar-refractivity contribution in [3.05, 3.63) is 12.1 Å². The predicted octanol–water partition coefficient (Wildman–Crippen LogP) is 2.73. The molecular formula is C14H22N2O2. The molecule has 0 radical (unpaired) electrons. The highest BCUT2D eigenvalue weighted by Gasteiger charge is 2.20. The predicted molar refractivity (Wildman–Crippen MR) is 75.1 cm³/mol. The van der Waals surface area contributed by atoms with Crippen LogP contribution < -0.4 is 19.7 Å². The molecule has 0 saturated carbocycles. The molecule has 0 unspecified atom stereocenters. The van der Waals surface area contributed by atoms with Crippen molar-refractivity contribution in [1.29, 1.82) is 0 Å². The van der Waals surface area contributed by atoms with Gasteiger partial charge in [-0.15, -0.1) is 0 Å². The molecule has 0 aliphatic carbocycles. The Morgan fingerprint density at radius 3 is 2.44 bits per heavy atom. The van der Waals surface area contributed by atoms with Crippen molar-refractivity contribution in [3.63, 3.8) is 0 Å². The molecule has 4 heteroatoms. The Labute approximate surface area is 109 Å². The summed E-state index contributed by atoms with van der Waals surface area (Å²) in [7, 11) is 3.34. The first-order valence-corrected chi connectivity index (χ1v) is 6.44. The summed E-state index contributed by atoms with van der Waals surface area (Å²) >= 11 is 0. The maximum Gasteiger partial charge on any atom is 0.162 e. The minimum atomic E-state index is 0.474. The van der Waals surface area contributed by atoms with Gasteiger partial charge in [-0.25, -0.2) is 0 Å². The maximum absolute atomic E-state index is 5.39. The number of ether oxygens (including phenoxy) is 2. The second kappa shape index (κ2) is 5.38. The Balaban J connectivity index is 2.49. The van der Waals surface area contributed by atoms with Crippen LogP contribution in [0, 0.1) is 0 Å². The number of hydrogen-bond donors (Lipinski definition) is 1. The van der Waals surface area contributed by atoms with E-state index in [9.17, 15) is 0 Å². The topological polar surface area (TPSA) is 33.7 Å². The number of benzene rings is 1. The third-order valence-corrected chi connectivity index (χ3v) is 3.33. The molecule has 1 heterocycles. The summed E-state index contributed by atoms with van der Waals surface area (Å²) in [6.07, 6.45) is 1.14. The second-order valence-electron chi connectivity index (χ2n) is 4.79. The molecule has 0 spiro atoms. The first-order chi connectivity index (χ1) is 8.67. The van der Waals surface area contributed by atoms with Crippen LogP contribution in [-0.2, 0) is 0 Å². The molecule has 2 rings (SSSR count). The van der Waals surface area contributed by atoms with Crippen molar-refractivity contribution >= 4 is 11.4 Å². The van der Waals surface area contributed by atoms with Gasteiger partial charge in [-0.05, 0) is 20.3 Å². The molecule has 100 valence electrons. The Kier molecular flexibility index (Phi) is 3.84. The van der Waals surface area contributed by atoms with Crippen LogP contribution >= 0.6 is 0 Å². The van der Waals surface area contributed by atoms with Gasteiger partial charge in [0.25, 0.3) is 0 Å². The van der Waals surface area contributed by atoms with Crippen molar-refractivity contribution in [2.75, 3.05) is 37.5 Å². The number of methoxy groups -OCH3 is 2. The van der Waals surface area contributed by atoms with Crippen molar-refractivity contribution in [1.82, 2.24) is 0 Å². The molecule has 1 aliphatic rings. The molecule has 0 fully saturated rings. The monoisotopic (exact) mass is 250 g/mol. The van der Waals surface area contributed by atoms with E-state index in [0.717, 1.165) is 36.7 Å². The van der Waals surface area contributed by atoms with Crippen LogP contribution in [0.4, 0.5) is 11.4 Å². The van der Waals surface area contributed by atoms with Gasteiger partial charge >= 0.3 is 0 Å². The fourth-order valence-electron chi connectivity index (χ4n) is 2.38. The maximum atomic E-state index is 5.39. The van der Waals surface area contributed by atoms with E-state index in [1.165, 1.54) is 5.69 Å². The minimum Gasteiger partial charge on any atom is -0.493 e. The van der Waals surface area contributed by atoms with E-state index in [1.54, 1.807) is 14.2 Å². The Morgan fingerprint density at radius 2 is 1.83 bits per heavy atom. The molecule has 1 N–H and O–H groups in total. The molecular weight excluding hydrogens is 228 g/mol. The quantitative estimate of drug-likeness (QED) is 0.894. The zero-order valence-corrected chi connectivity index (χ0v) is 11.6. The third-order valence-electron chi connectivity index (χ3n) is 3.33. The molecule has 1 aromatic rings. The average Bonchev–Trinajstić information content (AvgIpc) is 2.58. The van der Waals surface area contributed by atoms with Crippen molar-refractivity contribution < 1.29 is 9.47 Å². The average molecular weight is 250 g/mol.